The monoisotopic (exact) mass is 259 g/mol. The van der Waals surface area contributed by atoms with Gasteiger partial charge in [0, 0.05) is 17.5 Å². The molecule has 0 bridgehead atoms. The first-order valence-electron chi connectivity index (χ1n) is 6.64. The van der Waals surface area contributed by atoms with Gasteiger partial charge in [0.15, 0.2) is 0 Å². The van der Waals surface area contributed by atoms with E-state index in [9.17, 15) is 9.90 Å². The topological polar surface area (TPSA) is 69.2 Å². The van der Waals surface area contributed by atoms with Crippen LogP contribution in [-0.4, -0.2) is 45.3 Å². The molecular formula is C14H17N3O2. The van der Waals surface area contributed by atoms with Gasteiger partial charge in [-0.15, -0.1) is 0 Å². The molecule has 1 aliphatic rings. The Morgan fingerprint density at radius 3 is 3.21 bits per heavy atom. The van der Waals surface area contributed by atoms with E-state index >= 15 is 0 Å². The number of piperidine rings is 1. The minimum absolute atomic E-state index is 0.00171. The average molecular weight is 259 g/mol. The predicted octanol–water partition coefficient (Wildman–Crippen LogP) is 1.55. The van der Waals surface area contributed by atoms with Crippen LogP contribution in [0.5, 0.6) is 0 Å². The number of benzene rings is 1. The molecule has 0 saturated carbocycles. The molecule has 1 aliphatic heterocycles. The maximum Gasteiger partial charge on any atom is 0.254 e. The van der Waals surface area contributed by atoms with Gasteiger partial charge in [-0.25, -0.2) is 0 Å². The number of amides is 1. The molecule has 3 rings (SSSR count). The minimum atomic E-state index is -0.0405. The lowest BCUT2D eigenvalue weighted by Crippen LogP contribution is -2.45. The van der Waals surface area contributed by atoms with Crippen LogP contribution in [0.2, 0.25) is 0 Å². The molecule has 1 aromatic carbocycles. The van der Waals surface area contributed by atoms with Crippen molar-refractivity contribution in [3.05, 3.63) is 30.0 Å². The second-order valence-electron chi connectivity index (χ2n) is 5.00. The van der Waals surface area contributed by atoms with Gasteiger partial charge in [0.1, 0.15) is 0 Å². The zero-order valence-electron chi connectivity index (χ0n) is 10.7. The summed E-state index contributed by atoms with van der Waals surface area (Å²) in [4.78, 5) is 14.3. The fraction of sp³-hybridized carbons (Fsp3) is 0.429. The number of hydrogen-bond acceptors (Lipinski definition) is 3. The average Bonchev–Trinajstić information content (AvgIpc) is 2.93. The zero-order valence-corrected chi connectivity index (χ0v) is 10.7. The van der Waals surface area contributed by atoms with E-state index in [0.29, 0.717) is 5.56 Å². The van der Waals surface area contributed by atoms with E-state index in [1.54, 1.807) is 11.1 Å². The third-order valence-corrected chi connectivity index (χ3v) is 3.79. The highest BCUT2D eigenvalue weighted by molar-refractivity contribution is 5.98. The fourth-order valence-corrected chi connectivity index (χ4v) is 2.70. The number of carbonyl (C=O) groups excluding carboxylic acids is 1. The Morgan fingerprint density at radius 2 is 2.37 bits per heavy atom. The summed E-state index contributed by atoms with van der Waals surface area (Å²) in [6.45, 7) is 0.771. The number of H-pyrrole nitrogens is 1. The Labute approximate surface area is 111 Å². The molecule has 0 aliphatic carbocycles. The molecule has 100 valence electrons. The Kier molecular flexibility index (Phi) is 3.21. The zero-order chi connectivity index (χ0) is 13.2. The van der Waals surface area contributed by atoms with Crippen molar-refractivity contribution in [1.29, 1.82) is 0 Å². The van der Waals surface area contributed by atoms with Crippen molar-refractivity contribution in [3.63, 3.8) is 0 Å². The van der Waals surface area contributed by atoms with E-state index < -0.39 is 0 Å². The van der Waals surface area contributed by atoms with Gasteiger partial charge in [-0.1, -0.05) is 0 Å². The molecule has 1 aromatic heterocycles. The molecule has 2 N–H and O–H groups in total. The van der Waals surface area contributed by atoms with Crippen molar-refractivity contribution in [2.75, 3.05) is 13.2 Å². The van der Waals surface area contributed by atoms with Gasteiger partial charge in [0.25, 0.3) is 5.91 Å². The molecule has 19 heavy (non-hydrogen) atoms. The van der Waals surface area contributed by atoms with Crippen molar-refractivity contribution in [2.45, 2.75) is 25.3 Å². The highest BCUT2D eigenvalue weighted by atomic mass is 16.3. The van der Waals surface area contributed by atoms with Crippen LogP contribution in [0, 0.1) is 0 Å². The third kappa shape index (κ3) is 2.21. The number of fused-ring (bicyclic) bond motifs is 1. The number of nitrogens with zero attached hydrogens (tertiary/aromatic N) is 2. The maximum atomic E-state index is 12.5. The number of carbonyl (C=O) groups is 1. The molecule has 1 amide bonds. The van der Waals surface area contributed by atoms with Crippen molar-refractivity contribution < 1.29 is 9.90 Å². The molecule has 2 heterocycles. The van der Waals surface area contributed by atoms with E-state index in [1.165, 1.54) is 0 Å². The maximum absolute atomic E-state index is 12.5. The van der Waals surface area contributed by atoms with Crippen LogP contribution < -0.4 is 0 Å². The van der Waals surface area contributed by atoms with E-state index in [4.69, 9.17) is 0 Å². The predicted molar refractivity (Wildman–Crippen MR) is 71.9 cm³/mol. The van der Waals surface area contributed by atoms with Gasteiger partial charge in [-0.05, 0) is 37.5 Å². The molecule has 5 nitrogen and oxygen atoms in total. The second kappa shape index (κ2) is 5.01. The number of hydrogen-bond donors (Lipinski definition) is 2. The van der Waals surface area contributed by atoms with Crippen LogP contribution in [0.15, 0.2) is 24.4 Å². The van der Waals surface area contributed by atoms with Crippen LogP contribution in [0.1, 0.15) is 29.6 Å². The van der Waals surface area contributed by atoms with E-state index in [-0.39, 0.29) is 18.6 Å². The Bertz CT molecular complexity index is 593. The van der Waals surface area contributed by atoms with Crippen LogP contribution in [0.25, 0.3) is 10.9 Å². The summed E-state index contributed by atoms with van der Waals surface area (Å²) >= 11 is 0. The highest BCUT2D eigenvalue weighted by Gasteiger charge is 2.26. The number of aromatic nitrogens is 2. The first-order valence-corrected chi connectivity index (χ1v) is 6.64. The molecule has 1 unspecified atom stereocenters. The number of rotatable bonds is 2. The largest absolute Gasteiger partial charge is 0.394 e. The molecule has 0 spiro atoms. The number of aromatic amines is 1. The van der Waals surface area contributed by atoms with E-state index in [2.05, 4.69) is 10.2 Å². The lowest BCUT2D eigenvalue weighted by molar-refractivity contribution is 0.0503. The SMILES string of the molecule is O=C(c1ccc2[nH]ncc2c1)N1CCCCC1CO. The number of likely N-dealkylation sites (tertiary alicyclic amines) is 1. The van der Waals surface area contributed by atoms with Gasteiger partial charge < -0.3 is 10.0 Å². The Balaban J connectivity index is 1.89. The molecule has 1 saturated heterocycles. The lowest BCUT2D eigenvalue weighted by atomic mass is 10.0. The van der Waals surface area contributed by atoms with Crippen molar-refractivity contribution in [1.82, 2.24) is 15.1 Å². The summed E-state index contributed by atoms with van der Waals surface area (Å²) in [5, 5.41) is 17.1. The normalized spacial score (nSPS) is 19.8. The Morgan fingerprint density at radius 1 is 1.47 bits per heavy atom. The fourth-order valence-electron chi connectivity index (χ4n) is 2.70. The van der Waals surface area contributed by atoms with Crippen LogP contribution in [-0.2, 0) is 0 Å². The minimum Gasteiger partial charge on any atom is -0.394 e. The van der Waals surface area contributed by atoms with E-state index in [0.717, 1.165) is 36.7 Å². The van der Waals surface area contributed by atoms with Gasteiger partial charge in [0.2, 0.25) is 0 Å². The number of aliphatic hydroxyl groups is 1. The van der Waals surface area contributed by atoms with Gasteiger partial charge in [-0.2, -0.15) is 5.10 Å². The van der Waals surface area contributed by atoms with Crippen molar-refractivity contribution in [2.24, 2.45) is 0 Å². The smallest absolute Gasteiger partial charge is 0.254 e. The Hall–Kier alpha value is -1.88. The van der Waals surface area contributed by atoms with Gasteiger partial charge in [0.05, 0.1) is 24.4 Å². The lowest BCUT2D eigenvalue weighted by Gasteiger charge is -2.34. The second-order valence-corrected chi connectivity index (χ2v) is 5.00. The molecular weight excluding hydrogens is 242 g/mol. The number of nitrogens with one attached hydrogen (secondary N) is 1. The van der Waals surface area contributed by atoms with Gasteiger partial charge in [-0.3, -0.25) is 9.89 Å². The molecule has 2 aromatic rings. The standard InChI is InChI=1S/C14H17N3O2/c18-9-12-3-1-2-6-17(12)14(19)10-4-5-13-11(7-10)8-15-16-13/h4-5,7-8,12,18H,1-3,6,9H2,(H,15,16). The molecule has 5 heteroatoms. The summed E-state index contributed by atoms with van der Waals surface area (Å²) in [6, 6.07) is 5.49. The van der Waals surface area contributed by atoms with Crippen LogP contribution in [0.4, 0.5) is 0 Å². The summed E-state index contributed by atoms with van der Waals surface area (Å²) in [6.07, 6.45) is 4.69. The molecule has 1 atom stereocenters. The molecule has 0 radical (unpaired) electrons. The highest BCUT2D eigenvalue weighted by Crippen LogP contribution is 2.21. The first kappa shape index (κ1) is 12.2. The summed E-state index contributed by atoms with van der Waals surface area (Å²) in [5.41, 5.74) is 1.59. The van der Waals surface area contributed by atoms with Crippen LogP contribution in [0.3, 0.4) is 0 Å². The quantitative estimate of drug-likeness (QED) is 0.859. The summed E-state index contributed by atoms with van der Waals surface area (Å²) in [5.74, 6) is 0.00171. The summed E-state index contributed by atoms with van der Waals surface area (Å²) in [7, 11) is 0. The first-order chi connectivity index (χ1) is 9.29. The van der Waals surface area contributed by atoms with E-state index in [1.807, 2.05) is 18.2 Å². The summed E-state index contributed by atoms with van der Waals surface area (Å²) < 4.78 is 0. The third-order valence-electron chi connectivity index (χ3n) is 3.79. The van der Waals surface area contributed by atoms with Crippen LogP contribution >= 0.6 is 0 Å². The molecule has 1 fully saturated rings. The van der Waals surface area contributed by atoms with Gasteiger partial charge >= 0.3 is 0 Å². The van der Waals surface area contributed by atoms with Crippen molar-refractivity contribution >= 4 is 16.8 Å². The van der Waals surface area contributed by atoms with Crippen molar-refractivity contribution in [3.8, 4) is 0 Å². The number of aliphatic hydroxyl groups excluding tert-OH is 1.